The summed E-state index contributed by atoms with van der Waals surface area (Å²) in [6.45, 7) is 7.16. The van der Waals surface area contributed by atoms with Crippen LogP contribution in [0.4, 0.5) is 0 Å². The Morgan fingerprint density at radius 1 is 1.25 bits per heavy atom. The Morgan fingerprint density at radius 2 is 1.90 bits per heavy atom. The van der Waals surface area contributed by atoms with E-state index >= 15 is 0 Å². The van der Waals surface area contributed by atoms with Gasteiger partial charge in [-0.2, -0.15) is 0 Å². The summed E-state index contributed by atoms with van der Waals surface area (Å²) in [5.74, 6) is 3.10. The van der Waals surface area contributed by atoms with Crippen molar-refractivity contribution in [3.8, 4) is 12.0 Å². The highest BCUT2D eigenvalue weighted by molar-refractivity contribution is 6.91. The standard InChI is InChI=1S/C16H24O3Si/c1-5-19-12-11-16(15(17)13-18-2)20(3,4)14-9-7-6-8-10-14/h6-10,15-17H,5,13H2,1-4H3/t15-,16-/m0/s1. The number of benzene rings is 1. The molecule has 1 aromatic rings. The number of aliphatic hydroxyl groups excluding tert-OH is 1. The lowest BCUT2D eigenvalue weighted by Gasteiger charge is -2.32. The molecule has 4 heteroatoms. The lowest BCUT2D eigenvalue weighted by atomic mass is 10.2. The van der Waals surface area contributed by atoms with Crippen LogP contribution < -0.4 is 5.19 Å². The topological polar surface area (TPSA) is 38.7 Å². The highest BCUT2D eigenvalue weighted by atomic mass is 28.3. The molecule has 0 radical (unpaired) electrons. The second-order valence-electron chi connectivity index (χ2n) is 5.27. The first-order chi connectivity index (χ1) is 9.54. The molecular weight excluding hydrogens is 268 g/mol. The molecule has 1 rings (SSSR count). The van der Waals surface area contributed by atoms with Gasteiger partial charge in [0, 0.05) is 12.7 Å². The zero-order valence-corrected chi connectivity index (χ0v) is 13.7. The molecule has 2 atom stereocenters. The summed E-state index contributed by atoms with van der Waals surface area (Å²) in [5, 5.41) is 11.6. The summed E-state index contributed by atoms with van der Waals surface area (Å²) < 4.78 is 10.2. The van der Waals surface area contributed by atoms with Crippen LogP contribution in [0.1, 0.15) is 6.92 Å². The molecule has 0 amide bonds. The Balaban J connectivity index is 3.05. The second kappa shape index (κ2) is 8.10. The zero-order chi connectivity index (χ0) is 15.0. The molecular formula is C16H24O3Si. The van der Waals surface area contributed by atoms with E-state index in [-0.39, 0.29) is 12.1 Å². The summed E-state index contributed by atoms with van der Waals surface area (Å²) in [5.41, 5.74) is -0.128. The number of ether oxygens (including phenoxy) is 2. The first kappa shape index (κ1) is 16.8. The van der Waals surface area contributed by atoms with Crippen LogP contribution in [0.15, 0.2) is 30.3 Å². The summed E-state index contributed by atoms with van der Waals surface area (Å²) in [6.07, 6.45) is 2.12. The summed E-state index contributed by atoms with van der Waals surface area (Å²) in [4.78, 5) is 0. The van der Waals surface area contributed by atoms with Crippen molar-refractivity contribution < 1.29 is 14.6 Å². The number of hydrogen-bond donors (Lipinski definition) is 1. The summed E-state index contributed by atoms with van der Waals surface area (Å²) in [6, 6.07) is 10.3. The van der Waals surface area contributed by atoms with Crippen LogP contribution in [0.2, 0.25) is 18.6 Å². The lowest BCUT2D eigenvalue weighted by Crippen LogP contribution is -2.50. The van der Waals surface area contributed by atoms with Gasteiger partial charge in [0.2, 0.25) is 0 Å². The maximum Gasteiger partial charge on any atom is 0.110 e. The van der Waals surface area contributed by atoms with Crippen LogP contribution in [0.5, 0.6) is 0 Å². The third kappa shape index (κ3) is 4.38. The Labute approximate surface area is 122 Å². The fraction of sp³-hybridized carbons (Fsp3) is 0.500. The van der Waals surface area contributed by atoms with E-state index in [1.807, 2.05) is 25.1 Å². The molecule has 0 saturated heterocycles. The van der Waals surface area contributed by atoms with Crippen LogP contribution in [-0.4, -0.2) is 39.6 Å². The van der Waals surface area contributed by atoms with Gasteiger partial charge in [-0.3, -0.25) is 0 Å². The molecule has 1 aromatic carbocycles. The molecule has 0 spiro atoms. The molecule has 3 nitrogen and oxygen atoms in total. The van der Waals surface area contributed by atoms with Gasteiger partial charge >= 0.3 is 0 Å². The van der Waals surface area contributed by atoms with E-state index in [9.17, 15) is 5.11 Å². The van der Waals surface area contributed by atoms with Crippen LogP contribution in [0, 0.1) is 12.0 Å². The molecule has 0 fully saturated rings. The van der Waals surface area contributed by atoms with E-state index in [2.05, 4.69) is 37.3 Å². The first-order valence-electron chi connectivity index (χ1n) is 6.88. The van der Waals surface area contributed by atoms with Gasteiger partial charge in [-0.05, 0) is 6.92 Å². The van der Waals surface area contributed by atoms with Gasteiger partial charge in [0.05, 0.1) is 27.4 Å². The van der Waals surface area contributed by atoms with Gasteiger partial charge in [-0.25, -0.2) is 0 Å². The van der Waals surface area contributed by atoms with Gasteiger partial charge < -0.3 is 14.6 Å². The van der Waals surface area contributed by atoms with E-state index < -0.39 is 14.2 Å². The Kier molecular flexibility index (Phi) is 6.80. The van der Waals surface area contributed by atoms with Crippen molar-refractivity contribution >= 4 is 13.3 Å². The minimum Gasteiger partial charge on any atom is -0.447 e. The Hall–Kier alpha value is -1.28. The predicted molar refractivity (Wildman–Crippen MR) is 84.6 cm³/mol. The molecule has 0 unspecified atom stereocenters. The van der Waals surface area contributed by atoms with Gasteiger partial charge in [0.1, 0.15) is 6.11 Å². The van der Waals surface area contributed by atoms with Crippen molar-refractivity contribution in [2.75, 3.05) is 20.3 Å². The zero-order valence-electron chi connectivity index (χ0n) is 12.7. The number of hydrogen-bond acceptors (Lipinski definition) is 3. The second-order valence-corrected chi connectivity index (χ2v) is 9.91. The van der Waals surface area contributed by atoms with Gasteiger partial charge in [0.25, 0.3) is 0 Å². The lowest BCUT2D eigenvalue weighted by molar-refractivity contribution is 0.0669. The van der Waals surface area contributed by atoms with Gasteiger partial charge in [-0.15, -0.1) is 0 Å². The van der Waals surface area contributed by atoms with Crippen molar-refractivity contribution in [1.29, 1.82) is 0 Å². The molecule has 0 aliphatic heterocycles. The maximum absolute atomic E-state index is 10.4. The van der Waals surface area contributed by atoms with Crippen molar-refractivity contribution in [2.24, 2.45) is 0 Å². The number of aliphatic hydroxyl groups is 1. The Morgan fingerprint density at radius 3 is 2.45 bits per heavy atom. The van der Waals surface area contributed by atoms with E-state index in [1.165, 1.54) is 5.19 Å². The van der Waals surface area contributed by atoms with Crippen molar-refractivity contribution in [3.63, 3.8) is 0 Å². The van der Waals surface area contributed by atoms with E-state index in [0.29, 0.717) is 6.61 Å². The largest absolute Gasteiger partial charge is 0.447 e. The fourth-order valence-corrected chi connectivity index (χ4v) is 5.14. The minimum absolute atomic E-state index is 0.128. The maximum atomic E-state index is 10.4. The third-order valence-electron chi connectivity index (χ3n) is 3.45. The number of methoxy groups -OCH3 is 1. The third-order valence-corrected chi connectivity index (χ3v) is 7.35. The SMILES string of the molecule is CCOC#C[C@@H]([C@@H](O)COC)[Si](C)(C)c1ccccc1. The van der Waals surface area contributed by atoms with Crippen molar-refractivity contribution in [3.05, 3.63) is 30.3 Å². The molecule has 0 aromatic heterocycles. The molecule has 1 N–H and O–H groups in total. The summed E-state index contributed by atoms with van der Waals surface area (Å²) in [7, 11) is -0.352. The smallest absolute Gasteiger partial charge is 0.110 e. The molecule has 0 aliphatic rings. The van der Waals surface area contributed by atoms with E-state index in [1.54, 1.807) is 7.11 Å². The van der Waals surface area contributed by atoms with Crippen molar-refractivity contribution in [2.45, 2.75) is 31.7 Å². The molecule has 0 aliphatic carbocycles. The van der Waals surface area contributed by atoms with E-state index in [4.69, 9.17) is 9.47 Å². The van der Waals surface area contributed by atoms with Gasteiger partial charge in [-0.1, -0.05) is 54.5 Å². The molecule has 0 saturated carbocycles. The molecule has 20 heavy (non-hydrogen) atoms. The Bertz CT molecular complexity index is 448. The highest BCUT2D eigenvalue weighted by Gasteiger charge is 2.37. The predicted octanol–water partition coefficient (Wildman–Crippen LogP) is 1.98. The van der Waals surface area contributed by atoms with Crippen molar-refractivity contribution in [1.82, 2.24) is 0 Å². The van der Waals surface area contributed by atoms with Gasteiger partial charge in [0.15, 0.2) is 0 Å². The normalized spacial score (nSPS) is 14.1. The fourth-order valence-electron chi connectivity index (χ4n) is 2.25. The highest BCUT2D eigenvalue weighted by Crippen LogP contribution is 2.25. The van der Waals surface area contributed by atoms with Crippen LogP contribution >= 0.6 is 0 Å². The quantitative estimate of drug-likeness (QED) is 0.643. The van der Waals surface area contributed by atoms with Crippen LogP contribution in [0.3, 0.4) is 0 Å². The van der Waals surface area contributed by atoms with Crippen LogP contribution in [0.25, 0.3) is 0 Å². The average Bonchev–Trinajstić information content (AvgIpc) is 2.44. The molecule has 110 valence electrons. The van der Waals surface area contributed by atoms with E-state index in [0.717, 1.165) is 0 Å². The number of rotatable bonds is 6. The summed E-state index contributed by atoms with van der Waals surface area (Å²) >= 11 is 0. The molecule has 0 heterocycles. The monoisotopic (exact) mass is 292 g/mol. The average molecular weight is 292 g/mol. The molecule has 0 bridgehead atoms. The van der Waals surface area contributed by atoms with Crippen LogP contribution in [-0.2, 0) is 9.47 Å². The minimum atomic E-state index is -1.94. The first-order valence-corrected chi connectivity index (χ1v) is 9.96.